The van der Waals surface area contributed by atoms with E-state index in [0.29, 0.717) is 5.56 Å². The number of anilines is 1. The van der Waals surface area contributed by atoms with Crippen molar-refractivity contribution in [3.63, 3.8) is 0 Å². The number of halogens is 2. The van der Waals surface area contributed by atoms with Crippen LogP contribution in [-0.4, -0.2) is 22.1 Å². The fourth-order valence-electron chi connectivity index (χ4n) is 2.60. The first kappa shape index (κ1) is 19.3. The molecule has 27 heavy (non-hydrogen) atoms. The number of carbonyl (C=O) groups is 2. The summed E-state index contributed by atoms with van der Waals surface area (Å²) >= 11 is 14.5. The molecule has 0 heterocycles. The number of benzene rings is 3. The van der Waals surface area contributed by atoms with Crippen molar-refractivity contribution >= 4 is 73.2 Å². The zero-order chi connectivity index (χ0) is 19.6. The largest absolute Gasteiger partial charge is 0.478 e. The van der Waals surface area contributed by atoms with Gasteiger partial charge in [-0.05, 0) is 53.3 Å². The van der Waals surface area contributed by atoms with Crippen molar-refractivity contribution in [1.29, 1.82) is 0 Å². The number of fused-ring (bicyclic) bond motifs is 1. The van der Waals surface area contributed by atoms with Crippen LogP contribution in [0.25, 0.3) is 10.8 Å². The molecule has 3 rings (SSSR count). The lowest BCUT2D eigenvalue weighted by molar-refractivity contribution is 0.0698. The fraction of sp³-hybridized carbons (Fsp3) is 0. The molecule has 0 fully saturated rings. The van der Waals surface area contributed by atoms with Crippen molar-refractivity contribution in [3.05, 3.63) is 75.2 Å². The van der Waals surface area contributed by atoms with Gasteiger partial charge in [-0.1, -0.05) is 51.8 Å². The number of carboxylic acid groups (broad SMARTS) is 1. The number of carboxylic acids is 1. The lowest BCUT2D eigenvalue weighted by atomic mass is 10.0. The molecule has 0 radical (unpaired) electrons. The normalized spacial score (nSPS) is 10.4. The van der Waals surface area contributed by atoms with Gasteiger partial charge in [-0.2, -0.15) is 0 Å². The number of amides is 1. The monoisotopic (exact) mass is 462 g/mol. The number of rotatable bonds is 3. The topological polar surface area (TPSA) is 78.4 Å². The SMILES string of the molecule is O=C(O)c1cc(Cl)ccc1NC(=S)NC(=O)c1cccc2c(Br)cccc12. The summed E-state index contributed by atoms with van der Waals surface area (Å²) in [4.78, 5) is 24.0. The predicted octanol–water partition coefficient (Wildman–Crippen LogP) is 5.08. The van der Waals surface area contributed by atoms with E-state index in [2.05, 4.69) is 26.6 Å². The average Bonchev–Trinajstić information content (AvgIpc) is 2.63. The maximum Gasteiger partial charge on any atom is 0.337 e. The molecule has 3 aromatic carbocycles. The van der Waals surface area contributed by atoms with E-state index in [1.54, 1.807) is 12.1 Å². The standard InChI is InChI=1S/C19H12BrClN2O3S/c20-15-6-2-3-11-12(15)4-1-5-13(11)17(24)23-19(27)22-16-8-7-10(21)9-14(16)18(25)26/h1-9H,(H,25,26)(H2,22,23,24,27). The number of thiocarbonyl (C=S) groups is 1. The number of aromatic carboxylic acids is 1. The van der Waals surface area contributed by atoms with E-state index in [-0.39, 0.29) is 21.4 Å². The Kier molecular flexibility index (Phi) is 5.74. The van der Waals surface area contributed by atoms with Gasteiger partial charge < -0.3 is 10.4 Å². The zero-order valence-corrected chi connectivity index (χ0v) is 16.8. The number of carbonyl (C=O) groups excluding carboxylic acids is 1. The van der Waals surface area contributed by atoms with Gasteiger partial charge in [0, 0.05) is 15.1 Å². The van der Waals surface area contributed by atoms with Crippen LogP contribution in [-0.2, 0) is 0 Å². The lowest BCUT2D eigenvalue weighted by Crippen LogP contribution is -2.34. The average molecular weight is 464 g/mol. The van der Waals surface area contributed by atoms with Gasteiger partial charge >= 0.3 is 5.97 Å². The first-order chi connectivity index (χ1) is 12.9. The number of nitrogens with one attached hydrogen (secondary N) is 2. The molecule has 0 saturated carbocycles. The zero-order valence-electron chi connectivity index (χ0n) is 13.6. The summed E-state index contributed by atoms with van der Waals surface area (Å²) in [5, 5.41) is 16.5. The Morgan fingerprint density at radius 2 is 1.70 bits per heavy atom. The quantitative estimate of drug-likeness (QED) is 0.472. The third-order valence-corrected chi connectivity index (χ3v) is 4.93. The second-order valence-electron chi connectivity index (χ2n) is 5.54. The highest BCUT2D eigenvalue weighted by Gasteiger charge is 2.15. The van der Waals surface area contributed by atoms with Crippen LogP contribution >= 0.6 is 39.7 Å². The first-order valence-electron chi connectivity index (χ1n) is 7.69. The lowest BCUT2D eigenvalue weighted by Gasteiger charge is -2.13. The Bertz CT molecular complexity index is 1090. The summed E-state index contributed by atoms with van der Waals surface area (Å²) in [6, 6.07) is 15.3. The molecule has 0 unspecified atom stereocenters. The summed E-state index contributed by atoms with van der Waals surface area (Å²) in [6.07, 6.45) is 0. The van der Waals surface area contributed by atoms with Crippen molar-refractivity contribution in [3.8, 4) is 0 Å². The van der Waals surface area contributed by atoms with Crippen molar-refractivity contribution in [2.75, 3.05) is 5.32 Å². The Labute approximate surface area is 173 Å². The van der Waals surface area contributed by atoms with E-state index in [9.17, 15) is 14.7 Å². The third-order valence-electron chi connectivity index (χ3n) is 3.80. The summed E-state index contributed by atoms with van der Waals surface area (Å²) in [5.74, 6) is -1.56. The van der Waals surface area contributed by atoms with Crippen molar-refractivity contribution in [2.24, 2.45) is 0 Å². The van der Waals surface area contributed by atoms with E-state index in [1.165, 1.54) is 18.2 Å². The van der Waals surface area contributed by atoms with Crippen LogP contribution in [0, 0.1) is 0 Å². The van der Waals surface area contributed by atoms with Crippen LogP contribution in [0.2, 0.25) is 5.02 Å². The third kappa shape index (κ3) is 4.27. The molecule has 8 heteroatoms. The van der Waals surface area contributed by atoms with Gasteiger partial charge in [-0.25, -0.2) is 4.79 Å². The van der Waals surface area contributed by atoms with E-state index in [1.807, 2.05) is 24.3 Å². The molecule has 136 valence electrons. The predicted molar refractivity (Wildman–Crippen MR) is 114 cm³/mol. The van der Waals surface area contributed by atoms with Crippen LogP contribution in [0.3, 0.4) is 0 Å². The van der Waals surface area contributed by atoms with Crippen molar-refractivity contribution in [1.82, 2.24) is 5.32 Å². The second-order valence-corrected chi connectivity index (χ2v) is 7.24. The molecule has 0 bridgehead atoms. The van der Waals surface area contributed by atoms with Crippen LogP contribution in [0.15, 0.2) is 59.1 Å². The summed E-state index contributed by atoms with van der Waals surface area (Å²) in [6.45, 7) is 0. The van der Waals surface area contributed by atoms with Gasteiger partial charge in [0.05, 0.1) is 11.3 Å². The number of hydrogen-bond donors (Lipinski definition) is 3. The minimum atomic E-state index is -1.16. The Morgan fingerprint density at radius 1 is 1.00 bits per heavy atom. The van der Waals surface area contributed by atoms with Crippen molar-refractivity contribution < 1.29 is 14.7 Å². The van der Waals surface area contributed by atoms with Crippen LogP contribution in [0.1, 0.15) is 20.7 Å². The molecule has 5 nitrogen and oxygen atoms in total. The summed E-state index contributed by atoms with van der Waals surface area (Å²) in [7, 11) is 0. The van der Waals surface area contributed by atoms with E-state index < -0.39 is 11.9 Å². The van der Waals surface area contributed by atoms with E-state index in [0.717, 1.165) is 15.2 Å². The highest BCUT2D eigenvalue weighted by atomic mass is 79.9. The van der Waals surface area contributed by atoms with Crippen LogP contribution in [0.4, 0.5) is 5.69 Å². The molecule has 1 amide bonds. The van der Waals surface area contributed by atoms with Gasteiger partial charge in [-0.15, -0.1) is 0 Å². The summed E-state index contributed by atoms with van der Waals surface area (Å²) < 4.78 is 0.877. The molecule has 0 aliphatic carbocycles. The highest BCUT2D eigenvalue weighted by Crippen LogP contribution is 2.26. The second kappa shape index (κ2) is 8.04. The molecule has 3 N–H and O–H groups in total. The molecule has 0 aliphatic heterocycles. The van der Waals surface area contributed by atoms with Crippen LogP contribution in [0.5, 0.6) is 0 Å². The molecule has 0 atom stereocenters. The maximum absolute atomic E-state index is 12.7. The minimum absolute atomic E-state index is 0.0168. The van der Waals surface area contributed by atoms with Gasteiger partial charge in [0.25, 0.3) is 5.91 Å². The Hall–Kier alpha value is -2.48. The molecular weight excluding hydrogens is 452 g/mol. The molecule has 3 aromatic rings. The van der Waals surface area contributed by atoms with E-state index in [4.69, 9.17) is 23.8 Å². The number of hydrogen-bond acceptors (Lipinski definition) is 3. The Balaban J connectivity index is 1.83. The molecule has 0 aromatic heterocycles. The minimum Gasteiger partial charge on any atom is -0.478 e. The maximum atomic E-state index is 12.7. The van der Waals surface area contributed by atoms with Gasteiger partial charge in [0.2, 0.25) is 0 Å². The molecule has 0 saturated heterocycles. The smallest absolute Gasteiger partial charge is 0.337 e. The molecule has 0 aliphatic rings. The first-order valence-corrected chi connectivity index (χ1v) is 9.27. The summed E-state index contributed by atoms with van der Waals surface area (Å²) in [5.41, 5.74) is 0.638. The van der Waals surface area contributed by atoms with Gasteiger partial charge in [0.1, 0.15) is 0 Å². The van der Waals surface area contributed by atoms with Crippen molar-refractivity contribution in [2.45, 2.75) is 0 Å². The molecular formula is C19H12BrClN2O3S. The van der Waals surface area contributed by atoms with E-state index >= 15 is 0 Å². The van der Waals surface area contributed by atoms with Gasteiger partial charge in [-0.3, -0.25) is 10.1 Å². The van der Waals surface area contributed by atoms with Crippen LogP contribution < -0.4 is 10.6 Å². The molecule has 0 spiro atoms. The fourth-order valence-corrected chi connectivity index (χ4v) is 3.47. The Morgan fingerprint density at radius 3 is 2.44 bits per heavy atom. The van der Waals surface area contributed by atoms with Gasteiger partial charge in [0.15, 0.2) is 5.11 Å². The highest BCUT2D eigenvalue weighted by molar-refractivity contribution is 9.10.